The van der Waals surface area contributed by atoms with Gasteiger partial charge in [-0.05, 0) is 6.08 Å². The van der Waals surface area contributed by atoms with Crippen LogP contribution in [0.4, 0.5) is 0 Å². The molecule has 2 atom stereocenters. The Balaban J connectivity index is 0.000000845. The normalized spacial score (nSPS) is 29.7. The van der Waals surface area contributed by atoms with E-state index in [1.807, 2.05) is 6.08 Å². The molecule has 0 aromatic rings. The molecule has 2 heterocycles. The van der Waals surface area contributed by atoms with Gasteiger partial charge in [0.2, 0.25) is 0 Å². The second-order valence-corrected chi connectivity index (χ2v) is 3.92. The number of hydrogen-bond donors (Lipinski definition) is 1. The van der Waals surface area contributed by atoms with Gasteiger partial charge < -0.3 is 15.2 Å². The molecule has 4 nitrogen and oxygen atoms in total. The predicted octanol–water partition coefficient (Wildman–Crippen LogP) is -4.26. The third-order valence-electron chi connectivity index (χ3n) is 1.79. The van der Waals surface area contributed by atoms with Crippen LogP contribution in [0.3, 0.4) is 0 Å². The maximum atomic E-state index is 10.5. The first-order chi connectivity index (χ1) is 5.77. The summed E-state index contributed by atoms with van der Waals surface area (Å²) in [5, 5.41) is 12.9. The molecule has 2 aliphatic heterocycles. The number of nitrogens with one attached hydrogen (secondary N) is 1. The molecule has 2 unspecified atom stereocenters. The number of carboxylic acid groups (broad SMARTS) is 1. The Morgan fingerprint density at radius 1 is 1.77 bits per heavy atom. The Morgan fingerprint density at radius 3 is 3.15 bits per heavy atom. The van der Waals surface area contributed by atoms with Crippen LogP contribution in [0.25, 0.3) is 0 Å². The third-order valence-corrected chi connectivity index (χ3v) is 3.10. The van der Waals surface area contributed by atoms with E-state index in [-0.39, 0.29) is 24.1 Å². The molecule has 0 spiro atoms. The van der Waals surface area contributed by atoms with Gasteiger partial charge in [-0.25, -0.2) is 0 Å². The van der Waals surface area contributed by atoms with Crippen molar-refractivity contribution in [3.05, 3.63) is 11.8 Å². The Labute approximate surface area is 92.0 Å². The van der Waals surface area contributed by atoms with E-state index in [2.05, 4.69) is 10.3 Å². The number of allylic oxidation sites excluding steroid dienone is 1. The molecule has 0 aromatic heterocycles. The van der Waals surface area contributed by atoms with Gasteiger partial charge in [0.1, 0.15) is 5.37 Å². The summed E-state index contributed by atoms with van der Waals surface area (Å²) in [4.78, 5) is 14.5. The molecule has 1 saturated heterocycles. The van der Waals surface area contributed by atoms with Crippen molar-refractivity contribution in [1.82, 2.24) is 5.32 Å². The van der Waals surface area contributed by atoms with E-state index in [9.17, 15) is 9.90 Å². The molecule has 0 aromatic carbocycles. The van der Waals surface area contributed by atoms with Crippen molar-refractivity contribution >= 4 is 23.9 Å². The molecule has 64 valence electrons. The summed E-state index contributed by atoms with van der Waals surface area (Å²) in [6.45, 7) is 0.660. The van der Waals surface area contributed by atoms with Gasteiger partial charge in [0, 0.05) is 11.9 Å². The smallest absolute Gasteiger partial charge is 0.547 e. The number of aliphatic imine (C=N–C) groups is 1. The van der Waals surface area contributed by atoms with Gasteiger partial charge in [0.15, 0.2) is 0 Å². The molecule has 0 radical (unpaired) electrons. The molecule has 2 rings (SSSR count). The van der Waals surface area contributed by atoms with E-state index in [4.69, 9.17) is 0 Å². The van der Waals surface area contributed by atoms with Crippen LogP contribution in [0.2, 0.25) is 0 Å². The van der Waals surface area contributed by atoms with Crippen molar-refractivity contribution in [3.8, 4) is 0 Å². The summed E-state index contributed by atoms with van der Waals surface area (Å²) < 4.78 is 0. The minimum absolute atomic E-state index is 0. The maximum Gasteiger partial charge on any atom is 1.00 e. The zero-order valence-electron chi connectivity index (χ0n) is 7.19. The minimum Gasteiger partial charge on any atom is -0.547 e. The molecule has 1 N–H and O–H groups in total. The quantitative estimate of drug-likeness (QED) is 0.425. The molecule has 6 heteroatoms. The zero-order valence-corrected chi connectivity index (χ0v) is 8.00. The standard InChI is InChI=1S/C7H8N2O2S.Li/c10-7(11)6-9-4-1-2-8-3-5(4)12-6;/h1-2,5-6,9H,3H2,(H,10,11);/q;+1/p-1. The monoisotopic (exact) mass is 190 g/mol. The zero-order chi connectivity index (χ0) is 8.55. The number of carbonyl (C=O) groups is 1. The Morgan fingerprint density at radius 2 is 2.54 bits per heavy atom. The van der Waals surface area contributed by atoms with Gasteiger partial charge >= 0.3 is 18.9 Å². The van der Waals surface area contributed by atoms with Crippen LogP contribution >= 0.6 is 11.8 Å². The summed E-state index contributed by atoms with van der Waals surface area (Å²) in [5.74, 6) is -1.06. The number of carbonyl (C=O) groups excluding carboxylic acids is 1. The first kappa shape index (κ1) is 10.7. The van der Waals surface area contributed by atoms with Crippen LogP contribution < -0.4 is 29.3 Å². The van der Waals surface area contributed by atoms with E-state index in [1.54, 1.807) is 6.21 Å². The summed E-state index contributed by atoms with van der Waals surface area (Å²) in [7, 11) is 0. The Kier molecular flexibility index (Phi) is 3.48. The predicted molar refractivity (Wildman–Crippen MR) is 44.8 cm³/mol. The van der Waals surface area contributed by atoms with E-state index in [0.29, 0.717) is 6.54 Å². The molecular weight excluding hydrogens is 183 g/mol. The van der Waals surface area contributed by atoms with Crippen LogP contribution in [0, 0.1) is 0 Å². The number of fused-ring (bicyclic) bond motifs is 1. The Bertz CT molecular complexity index is 280. The molecule has 2 aliphatic rings. The van der Waals surface area contributed by atoms with Gasteiger partial charge in [0.05, 0.1) is 17.8 Å². The van der Waals surface area contributed by atoms with Crippen LogP contribution in [-0.2, 0) is 4.79 Å². The van der Waals surface area contributed by atoms with Crippen LogP contribution in [0.1, 0.15) is 0 Å². The minimum atomic E-state index is -1.06. The van der Waals surface area contributed by atoms with E-state index in [1.165, 1.54) is 11.8 Å². The van der Waals surface area contributed by atoms with E-state index >= 15 is 0 Å². The number of dihydropyridines is 1. The second kappa shape index (κ2) is 4.23. The van der Waals surface area contributed by atoms with Gasteiger partial charge in [0.25, 0.3) is 0 Å². The third kappa shape index (κ3) is 2.10. The van der Waals surface area contributed by atoms with Crippen LogP contribution in [-0.4, -0.2) is 29.4 Å². The van der Waals surface area contributed by atoms with Crippen molar-refractivity contribution in [2.75, 3.05) is 6.54 Å². The van der Waals surface area contributed by atoms with Crippen molar-refractivity contribution in [2.45, 2.75) is 10.6 Å². The van der Waals surface area contributed by atoms with E-state index < -0.39 is 11.3 Å². The number of carboxylic acids is 1. The Hall–Kier alpha value is -0.373. The molecule has 0 aliphatic carbocycles. The van der Waals surface area contributed by atoms with Gasteiger partial charge in [-0.2, -0.15) is 0 Å². The van der Waals surface area contributed by atoms with Gasteiger partial charge in [-0.3, -0.25) is 4.99 Å². The van der Waals surface area contributed by atoms with Gasteiger partial charge in [-0.15, -0.1) is 11.8 Å². The first-order valence-electron chi connectivity index (χ1n) is 3.60. The second-order valence-electron chi connectivity index (χ2n) is 2.60. The molecule has 13 heavy (non-hydrogen) atoms. The molecular formula is C7H7LiN2O2S. The summed E-state index contributed by atoms with van der Waals surface area (Å²) in [5.41, 5.74) is 0.948. The number of thioether (sulfide) groups is 1. The van der Waals surface area contributed by atoms with Crippen molar-refractivity contribution < 1.29 is 28.8 Å². The van der Waals surface area contributed by atoms with Crippen LogP contribution in [0.5, 0.6) is 0 Å². The maximum absolute atomic E-state index is 10.5. The summed E-state index contributed by atoms with van der Waals surface area (Å²) >= 11 is 1.35. The van der Waals surface area contributed by atoms with Crippen molar-refractivity contribution in [2.24, 2.45) is 4.99 Å². The first-order valence-corrected chi connectivity index (χ1v) is 4.54. The molecule has 1 fully saturated rings. The number of aliphatic carboxylic acids is 1. The topological polar surface area (TPSA) is 64.5 Å². The average molecular weight is 190 g/mol. The average Bonchev–Trinajstić information content (AvgIpc) is 2.46. The van der Waals surface area contributed by atoms with Crippen molar-refractivity contribution in [3.63, 3.8) is 0 Å². The fraction of sp³-hybridized carbons (Fsp3) is 0.429. The van der Waals surface area contributed by atoms with Gasteiger partial charge in [-0.1, -0.05) is 0 Å². The fourth-order valence-electron chi connectivity index (χ4n) is 1.22. The molecule has 0 saturated carbocycles. The fourth-order valence-corrected chi connectivity index (χ4v) is 2.33. The molecule has 0 bridgehead atoms. The van der Waals surface area contributed by atoms with Crippen molar-refractivity contribution in [1.29, 1.82) is 0 Å². The summed E-state index contributed by atoms with van der Waals surface area (Å²) in [6.07, 6.45) is 3.50. The molecule has 0 amide bonds. The van der Waals surface area contributed by atoms with E-state index in [0.717, 1.165) is 5.70 Å². The summed E-state index contributed by atoms with van der Waals surface area (Å²) in [6, 6.07) is 0. The SMILES string of the molecule is O=C([O-])C1NC2=CC=NCC2S1.[Li+]. The largest absolute Gasteiger partial charge is 1.00 e. The number of nitrogens with zero attached hydrogens (tertiary/aromatic N) is 1. The number of rotatable bonds is 1. The number of hydrogen-bond acceptors (Lipinski definition) is 5. The van der Waals surface area contributed by atoms with Crippen LogP contribution in [0.15, 0.2) is 16.8 Å².